The molecule has 0 amide bonds. The summed E-state index contributed by atoms with van der Waals surface area (Å²) in [6, 6.07) is 13.8. The van der Waals surface area contributed by atoms with E-state index in [1.807, 2.05) is 30.3 Å². The van der Waals surface area contributed by atoms with Crippen molar-refractivity contribution < 1.29 is 17.5 Å². The Hall–Kier alpha value is -1.80. The van der Waals surface area contributed by atoms with Gasteiger partial charge in [0.05, 0.1) is 17.6 Å². The number of halogens is 1. The summed E-state index contributed by atoms with van der Waals surface area (Å²) >= 11 is 0. The third kappa shape index (κ3) is 4.67. The molecule has 0 aromatic heterocycles. The first kappa shape index (κ1) is 19.0. The molecule has 2 aromatic carbocycles. The normalized spacial score (nSPS) is 18.8. The summed E-state index contributed by atoms with van der Waals surface area (Å²) in [6.07, 6.45) is 0.00121. The van der Waals surface area contributed by atoms with Gasteiger partial charge < -0.3 is 4.74 Å². The number of morpholine rings is 1. The van der Waals surface area contributed by atoms with Crippen LogP contribution in [0.3, 0.4) is 0 Å². The summed E-state index contributed by atoms with van der Waals surface area (Å²) in [7, 11) is -3.64. The van der Waals surface area contributed by atoms with Crippen molar-refractivity contribution in [2.24, 2.45) is 0 Å². The van der Waals surface area contributed by atoms with Crippen molar-refractivity contribution in [2.75, 3.05) is 32.8 Å². The molecule has 5 nitrogen and oxygen atoms in total. The second kappa shape index (κ2) is 8.26. The van der Waals surface area contributed by atoms with E-state index in [2.05, 4.69) is 9.62 Å². The largest absolute Gasteiger partial charge is 0.371 e. The van der Waals surface area contributed by atoms with Gasteiger partial charge in [0, 0.05) is 26.2 Å². The highest BCUT2D eigenvalue weighted by Crippen LogP contribution is 2.21. The fourth-order valence-electron chi connectivity index (χ4n) is 2.98. The van der Waals surface area contributed by atoms with Crippen LogP contribution in [0.5, 0.6) is 0 Å². The summed E-state index contributed by atoms with van der Waals surface area (Å²) in [5.74, 6) is -0.413. The van der Waals surface area contributed by atoms with Crippen LogP contribution in [0.2, 0.25) is 0 Å². The zero-order valence-electron chi connectivity index (χ0n) is 14.7. The van der Waals surface area contributed by atoms with Gasteiger partial charge in [0.2, 0.25) is 10.0 Å². The van der Waals surface area contributed by atoms with Crippen molar-refractivity contribution >= 4 is 10.0 Å². The van der Waals surface area contributed by atoms with Crippen LogP contribution in [0, 0.1) is 12.7 Å². The summed E-state index contributed by atoms with van der Waals surface area (Å²) in [5.41, 5.74) is 1.44. The predicted molar refractivity (Wildman–Crippen MR) is 97.9 cm³/mol. The van der Waals surface area contributed by atoms with Gasteiger partial charge in [-0.2, -0.15) is 0 Å². The maximum Gasteiger partial charge on any atom is 0.240 e. The number of hydrogen-bond donors (Lipinski definition) is 1. The van der Waals surface area contributed by atoms with Crippen LogP contribution in [0.15, 0.2) is 53.4 Å². The lowest BCUT2D eigenvalue weighted by Gasteiger charge is -2.33. The third-order valence-electron chi connectivity index (χ3n) is 4.48. The van der Waals surface area contributed by atoms with E-state index >= 15 is 0 Å². The maximum atomic E-state index is 13.3. The third-order valence-corrected chi connectivity index (χ3v) is 5.94. The Morgan fingerprint density at radius 1 is 1.23 bits per heavy atom. The number of nitrogens with zero attached hydrogens (tertiary/aromatic N) is 1. The zero-order chi connectivity index (χ0) is 18.6. The molecule has 3 rings (SSSR count). The SMILES string of the molecule is Cc1cc(S(=O)(=O)NCCN2CCO[C@@H](c3ccccc3)C2)ccc1F. The van der Waals surface area contributed by atoms with Crippen LogP contribution in [-0.2, 0) is 14.8 Å². The number of hydrogen-bond acceptors (Lipinski definition) is 4. The average molecular weight is 378 g/mol. The zero-order valence-corrected chi connectivity index (χ0v) is 15.5. The molecule has 26 heavy (non-hydrogen) atoms. The molecule has 1 aliphatic rings. The maximum absolute atomic E-state index is 13.3. The summed E-state index contributed by atoms with van der Waals surface area (Å²) in [6.45, 7) is 4.53. The van der Waals surface area contributed by atoms with Crippen LogP contribution in [0.25, 0.3) is 0 Å². The highest BCUT2D eigenvalue weighted by molar-refractivity contribution is 7.89. The molecule has 140 valence electrons. The lowest BCUT2D eigenvalue weighted by Crippen LogP contribution is -2.42. The Bertz CT molecular complexity index is 843. The quantitative estimate of drug-likeness (QED) is 0.839. The van der Waals surface area contributed by atoms with Crippen molar-refractivity contribution in [3.63, 3.8) is 0 Å². The predicted octanol–water partition coefficient (Wildman–Crippen LogP) is 2.49. The van der Waals surface area contributed by atoms with E-state index in [0.717, 1.165) is 18.7 Å². The molecule has 1 N–H and O–H groups in total. The summed E-state index contributed by atoms with van der Waals surface area (Å²) in [5, 5.41) is 0. The molecule has 1 atom stereocenters. The molecule has 1 aliphatic heterocycles. The molecule has 7 heteroatoms. The minimum absolute atomic E-state index is 0.00121. The molecule has 1 heterocycles. The first-order valence-electron chi connectivity index (χ1n) is 8.60. The van der Waals surface area contributed by atoms with E-state index in [1.165, 1.54) is 18.2 Å². The monoisotopic (exact) mass is 378 g/mol. The molecular formula is C19H23FN2O3S. The highest BCUT2D eigenvalue weighted by atomic mass is 32.2. The minimum atomic E-state index is -3.64. The van der Waals surface area contributed by atoms with Gasteiger partial charge in [0.25, 0.3) is 0 Å². The lowest BCUT2D eigenvalue weighted by molar-refractivity contribution is -0.0291. The fourth-order valence-corrected chi connectivity index (χ4v) is 4.09. The first-order chi connectivity index (χ1) is 12.5. The Balaban J connectivity index is 1.54. The van der Waals surface area contributed by atoms with Gasteiger partial charge in [-0.05, 0) is 36.2 Å². The second-order valence-electron chi connectivity index (χ2n) is 6.38. The van der Waals surface area contributed by atoms with Crippen molar-refractivity contribution in [1.82, 2.24) is 9.62 Å². The second-order valence-corrected chi connectivity index (χ2v) is 8.15. The topological polar surface area (TPSA) is 58.6 Å². The molecule has 0 spiro atoms. The first-order valence-corrected chi connectivity index (χ1v) is 10.1. The van der Waals surface area contributed by atoms with Crippen molar-refractivity contribution in [3.05, 3.63) is 65.5 Å². The molecule has 0 bridgehead atoms. The van der Waals surface area contributed by atoms with Gasteiger partial charge in [0.1, 0.15) is 5.82 Å². The van der Waals surface area contributed by atoms with Crippen molar-refractivity contribution in [2.45, 2.75) is 17.9 Å². The number of rotatable bonds is 6. The minimum Gasteiger partial charge on any atom is -0.371 e. The summed E-state index contributed by atoms with van der Waals surface area (Å²) in [4.78, 5) is 2.26. The molecule has 0 aliphatic carbocycles. The molecule has 1 fully saturated rings. The van der Waals surface area contributed by atoms with E-state index in [-0.39, 0.29) is 11.0 Å². The van der Waals surface area contributed by atoms with Gasteiger partial charge in [-0.15, -0.1) is 0 Å². The van der Waals surface area contributed by atoms with Gasteiger partial charge in [-0.3, -0.25) is 4.90 Å². The Morgan fingerprint density at radius 3 is 2.73 bits per heavy atom. The van der Waals surface area contributed by atoms with Gasteiger partial charge in [-0.1, -0.05) is 30.3 Å². The lowest BCUT2D eigenvalue weighted by atomic mass is 10.1. The molecule has 1 saturated heterocycles. The Morgan fingerprint density at radius 2 is 2.00 bits per heavy atom. The molecule has 2 aromatic rings. The number of nitrogens with one attached hydrogen (secondary N) is 1. The van der Waals surface area contributed by atoms with Crippen LogP contribution >= 0.6 is 0 Å². The molecule has 0 radical (unpaired) electrons. The standard InChI is InChI=1S/C19H23FN2O3S/c1-15-13-17(7-8-18(15)20)26(23,24)21-9-10-22-11-12-25-19(14-22)16-5-3-2-4-6-16/h2-8,13,19,21H,9-12,14H2,1H3/t19-/m1/s1. The summed E-state index contributed by atoms with van der Waals surface area (Å²) < 4.78 is 46.4. The van der Waals surface area contributed by atoms with Crippen molar-refractivity contribution in [1.29, 1.82) is 0 Å². The number of benzene rings is 2. The van der Waals surface area contributed by atoms with Crippen LogP contribution in [0.4, 0.5) is 4.39 Å². The number of aryl methyl sites for hydroxylation is 1. The van der Waals surface area contributed by atoms with Crippen LogP contribution in [0.1, 0.15) is 17.2 Å². The van der Waals surface area contributed by atoms with Gasteiger partial charge in [0.15, 0.2) is 0 Å². The van der Waals surface area contributed by atoms with E-state index in [4.69, 9.17) is 4.74 Å². The smallest absolute Gasteiger partial charge is 0.240 e. The number of sulfonamides is 1. The highest BCUT2D eigenvalue weighted by Gasteiger charge is 2.22. The van der Waals surface area contributed by atoms with Gasteiger partial charge >= 0.3 is 0 Å². The van der Waals surface area contributed by atoms with E-state index in [9.17, 15) is 12.8 Å². The molecular weight excluding hydrogens is 355 g/mol. The molecule has 0 unspecified atom stereocenters. The van der Waals surface area contributed by atoms with E-state index < -0.39 is 15.8 Å². The van der Waals surface area contributed by atoms with Crippen LogP contribution < -0.4 is 4.72 Å². The van der Waals surface area contributed by atoms with E-state index in [0.29, 0.717) is 25.3 Å². The Labute approximate surface area is 153 Å². The van der Waals surface area contributed by atoms with Gasteiger partial charge in [-0.25, -0.2) is 17.5 Å². The molecule has 0 saturated carbocycles. The Kier molecular flexibility index (Phi) is 6.03. The van der Waals surface area contributed by atoms with E-state index in [1.54, 1.807) is 6.92 Å². The fraction of sp³-hybridized carbons (Fsp3) is 0.368. The van der Waals surface area contributed by atoms with Crippen molar-refractivity contribution in [3.8, 4) is 0 Å². The average Bonchev–Trinajstić information content (AvgIpc) is 2.65. The number of ether oxygens (including phenoxy) is 1. The van der Waals surface area contributed by atoms with Crippen LogP contribution in [-0.4, -0.2) is 46.1 Å².